The second kappa shape index (κ2) is 5.65. The molecule has 0 aliphatic rings. The number of fused-ring (bicyclic) bond motifs is 2. The van der Waals surface area contributed by atoms with Gasteiger partial charge in [0.2, 0.25) is 0 Å². The Morgan fingerprint density at radius 3 is 1.77 bits per heavy atom. The minimum atomic E-state index is 0.950. The van der Waals surface area contributed by atoms with Crippen LogP contribution in [0.1, 0.15) is 11.1 Å². The Labute approximate surface area is 131 Å². The van der Waals surface area contributed by atoms with Crippen LogP contribution in [0.5, 0.6) is 0 Å². The van der Waals surface area contributed by atoms with Gasteiger partial charge in [-0.05, 0) is 51.6 Å². The summed E-state index contributed by atoms with van der Waals surface area (Å²) in [6.45, 7) is 0. The predicted octanol–water partition coefficient (Wildman–Crippen LogP) is 5.79. The van der Waals surface area contributed by atoms with E-state index < -0.39 is 0 Å². The first-order chi connectivity index (χ1) is 10.9. The van der Waals surface area contributed by atoms with Gasteiger partial charge in [-0.3, -0.25) is 0 Å². The summed E-state index contributed by atoms with van der Waals surface area (Å²) < 4.78 is 0. The van der Waals surface area contributed by atoms with Crippen LogP contribution in [0.4, 0.5) is 0 Å². The molecule has 0 heterocycles. The number of hydrogen-bond donors (Lipinski definition) is 0. The number of benzene rings is 4. The third kappa shape index (κ3) is 2.37. The van der Waals surface area contributed by atoms with Crippen molar-refractivity contribution in [2.45, 2.75) is 6.42 Å². The monoisotopic (exact) mass is 281 g/mol. The van der Waals surface area contributed by atoms with E-state index in [9.17, 15) is 0 Å². The molecule has 0 N–H and O–H groups in total. The van der Waals surface area contributed by atoms with Gasteiger partial charge < -0.3 is 0 Å². The van der Waals surface area contributed by atoms with Gasteiger partial charge in [-0.1, -0.05) is 78.9 Å². The molecule has 0 amide bonds. The van der Waals surface area contributed by atoms with Gasteiger partial charge in [-0.2, -0.15) is 0 Å². The van der Waals surface area contributed by atoms with Crippen LogP contribution < -0.4 is 0 Å². The highest BCUT2D eigenvalue weighted by Crippen LogP contribution is 2.29. The maximum absolute atomic E-state index is 2.31. The van der Waals surface area contributed by atoms with Gasteiger partial charge in [0.25, 0.3) is 0 Å². The molecule has 0 heteroatoms. The highest BCUT2D eigenvalue weighted by molar-refractivity contribution is 6.02. The summed E-state index contributed by atoms with van der Waals surface area (Å²) >= 11 is 0. The van der Waals surface area contributed by atoms with Gasteiger partial charge in [-0.25, -0.2) is 0 Å². The Morgan fingerprint density at radius 1 is 0.591 bits per heavy atom. The average molecular weight is 281 g/mol. The van der Waals surface area contributed by atoms with E-state index in [0.717, 1.165) is 6.42 Å². The van der Waals surface area contributed by atoms with E-state index >= 15 is 0 Å². The molecule has 0 saturated carbocycles. The number of hydrogen-bond acceptors (Lipinski definition) is 0. The largest absolute Gasteiger partial charge is 0.0622 e. The Hall–Kier alpha value is -2.60. The van der Waals surface area contributed by atoms with E-state index in [0.29, 0.717) is 0 Å². The van der Waals surface area contributed by atoms with Gasteiger partial charge in [0.1, 0.15) is 0 Å². The van der Waals surface area contributed by atoms with Crippen molar-refractivity contribution in [1.29, 1.82) is 0 Å². The van der Waals surface area contributed by atoms with Crippen LogP contribution in [0.2, 0.25) is 0 Å². The molecule has 0 unspecified atom stereocenters. The lowest BCUT2D eigenvalue weighted by Crippen LogP contribution is -1.92. The lowest BCUT2D eigenvalue weighted by Gasteiger charge is -2.11. The molecule has 0 bridgehead atoms. The quantitative estimate of drug-likeness (QED) is 0.417. The minimum Gasteiger partial charge on any atom is -0.0622 e. The molecule has 0 aliphatic carbocycles. The Kier molecular flexibility index (Phi) is 3.36. The lowest BCUT2D eigenvalue weighted by molar-refractivity contribution is 1.20. The van der Waals surface area contributed by atoms with Crippen molar-refractivity contribution in [3.05, 3.63) is 102 Å². The molecule has 4 aromatic carbocycles. The maximum atomic E-state index is 2.31. The first-order valence-electron chi connectivity index (χ1n) is 7.69. The van der Waals surface area contributed by atoms with Gasteiger partial charge in [0.05, 0.1) is 0 Å². The van der Waals surface area contributed by atoms with Crippen LogP contribution >= 0.6 is 0 Å². The summed E-state index contributed by atoms with van der Waals surface area (Å²) in [5.74, 6) is 0. The van der Waals surface area contributed by atoms with Gasteiger partial charge >= 0.3 is 0 Å². The standard InChI is InChI=1S/C22H17/c1-2-8-17(9-3-1)14-15-22-20-12-6-4-10-18(20)16-19-11-5-7-13-21(19)22/h1-14,16H,15H2. The topological polar surface area (TPSA) is 0 Å². The molecule has 0 aromatic heterocycles. The van der Waals surface area contributed by atoms with Crippen molar-refractivity contribution >= 4 is 21.5 Å². The molecule has 0 saturated heterocycles. The van der Waals surface area contributed by atoms with E-state index in [1.165, 1.54) is 32.7 Å². The lowest BCUT2D eigenvalue weighted by atomic mass is 9.93. The fourth-order valence-electron chi connectivity index (χ4n) is 3.14. The predicted molar refractivity (Wildman–Crippen MR) is 95.0 cm³/mol. The van der Waals surface area contributed by atoms with Crippen LogP contribution in [0.3, 0.4) is 0 Å². The molecule has 4 aromatic rings. The fourth-order valence-corrected chi connectivity index (χ4v) is 3.14. The third-order valence-electron chi connectivity index (χ3n) is 4.22. The van der Waals surface area contributed by atoms with Crippen LogP contribution in [0, 0.1) is 6.42 Å². The summed E-state index contributed by atoms with van der Waals surface area (Å²) in [4.78, 5) is 0. The Morgan fingerprint density at radius 2 is 1.14 bits per heavy atom. The molecular formula is C22H17. The summed E-state index contributed by atoms with van der Waals surface area (Å²) in [6.07, 6.45) is 3.26. The van der Waals surface area contributed by atoms with Crippen molar-refractivity contribution in [1.82, 2.24) is 0 Å². The Balaban J connectivity index is 1.85. The van der Waals surface area contributed by atoms with Crippen molar-refractivity contribution in [2.75, 3.05) is 0 Å². The normalized spacial score (nSPS) is 11.1. The number of rotatable bonds is 3. The third-order valence-corrected chi connectivity index (χ3v) is 4.22. The van der Waals surface area contributed by atoms with Crippen molar-refractivity contribution in [2.24, 2.45) is 0 Å². The second-order valence-electron chi connectivity index (χ2n) is 5.62. The molecule has 0 spiro atoms. The molecule has 0 fully saturated rings. The zero-order valence-electron chi connectivity index (χ0n) is 12.4. The molecule has 1 radical (unpaired) electrons. The van der Waals surface area contributed by atoms with E-state index in [1.54, 1.807) is 0 Å². The molecule has 22 heavy (non-hydrogen) atoms. The second-order valence-corrected chi connectivity index (χ2v) is 5.62. The average Bonchev–Trinajstić information content (AvgIpc) is 2.59. The van der Waals surface area contributed by atoms with Crippen LogP contribution in [0.25, 0.3) is 21.5 Å². The molecule has 105 valence electrons. The summed E-state index contributed by atoms with van der Waals surface area (Å²) in [5, 5.41) is 5.34. The first-order valence-corrected chi connectivity index (χ1v) is 7.69. The molecule has 0 atom stereocenters. The van der Waals surface area contributed by atoms with Crippen LogP contribution in [-0.2, 0) is 6.42 Å². The smallest absolute Gasteiger partial charge is 0.00490 e. The van der Waals surface area contributed by atoms with E-state index in [4.69, 9.17) is 0 Å². The van der Waals surface area contributed by atoms with Crippen molar-refractivity contribution in [3.8, 4) is 0 Å². The van der Waals surface area contributed by atoms with Gasteiger partial charge in [-0.15, -0.1) is 0 Å². The van der Waals surface area contributed by atoms with Crippen LogP contribution in [-0.4, -0.2) is 0 Å². The van der Waals surface area contributed by atoms with Crippen LogP contribution in [0.15, 0.2) is 84.9 Å². The van der Waals surface area contributed by atoms with Crippen molar-refractivity contribution < 1.29 is 0 Å². The summed E-state index contributed by atoms with van der Waals surface area (Å²) in [6, 6.07) is 30.2. The molecule has 4 rings (SSSR count). The SMILES string of the molecule is [CH](Cc1c2ccccc2cc2ccccc12)c1ccccc1. The van der Waals surface area contributed by atoms with Gasteiger partial charge in [0.15, 0.2) is 0 Å². The van der Waals surface area contributed by atoms with E-state index in [1.807, 2.05) is 0 Å². The summed E-state index contributed by atoms with van der Waals surface area (Å²) in [5.41, 5.74) is 2.69. The highest BCUT2D eigenvalue weighted by Gasteiger charge is 2.07. The van der Waals surface area contributed by atoms with Gasteiger partial charge in [0, 0.05) is 0 Å². The maximum Gasteiger partial charge on any atom is -0.00490 e. The van der Waals surface area contributed by atoms with E-state index in [2.05, 4.69) is 91.3 Å². The first kappa shape index (κ1) is 13.1. The minimum absolute atomic E-state index is 0.950. The molecule has 0 aliphatic heterocycles. The Bertz CT molecular complexity index is 866. The molecule has 0 nitrogen and oxygen atoms in total. The van der Waals surface area contributed by atoms with Crippen molar-refractivity contribution in [3.63, 3.8) is 0 Å². The zero-order chi connectivity index (χ0) is 14.8. The van der Waals surface area contributed by atoms with E-state index in [-0.39, 0.29) is 0 Å². The summed E-state index contributed by atoms with van der Waals surface area (Å²) in [7, 11) is 0. The fraction of sp³-hybridized carbons (Fsp3) is 0.0455. The molecular weight excluding hydrogens is 264 g/mol. The zero-order valence-corrected chi connectivity index (χ0v) is 12.4. The highest BCUT2D eigenvalue weighted by atomic mass is 14.1.